The first-order chi connectivity index (χ1) is 13.1. The number of amides is 1. The van der Waals surface area contributed by atoms with E-state index in [1.165, 1.54) is 23.5 Å². The molecule has 27 heavy (non-hydrogen) atoms. The van der Waals surface area contributed by atoms with Crippen LogP contribution in [0.25, 0.3) is 16.2 Å². The standard InChI is InChI=1S/C20H15ClFN3OS/c21-15-6-1-13(2-7-15)3-10-17(26)23-19-18(14-4-8-16(22)9-5-14)24-20-25(19)11-12-27-20/h1-2,4-9,11-12H,3,10H2,(H,23,26). The molecule has 0 aliphatic carbocycles. The molecule has 0 aliphatic rings. The van der Waals surface area contributed by atoms with Crippen LogP contribution in [0.4, 0.5) is 10.2 Å². The maximum atomic E-state index is 13.2. The molecular weight excluding hydrogens is 385 g/mol. The maximum absolute atomic E-state index is 13.2. The Kier molecular flexibility index (Phi) is 4.92. The fourth-order valence-corrected chi connectivity index (χ4v) is 3.66. The van der Waals surface area contributed by atoms with Crippen LogP contribution in [-0.2, 0) is 11.2 Å². The lowest BCUT2D eigenvalue weighted by atomic mass is 10.1. The largest absolute Gasteiger partial charge is 0.310 e. The number of carbonyl (C=O) groups excluding carboxylic acids is 1. The molecule has 136 valence electrons. The van der Waals surface area contributed by atoms with Crippen LogP contribution in [0.5, 0.6) is 0 Å². The summed E-state index contributed by atoms with van der Waals surface area (Å²) in [4.78, 5) is 17.9. The number of halogens is 2. The lowest BCUT2D eigenvalue weighted by molar-refractivity contribution is -0.116. The van der Waals surface area contributed by atoms with Gasteiger partial charge in [-0.2, -0.15) is 0 Å². The van der Waals surface area contributed by atoms with E-state index in [0.29, 0.717) is 29.4 Å². The summed E-state index contributed by atoms with van der Waals surface area (Å²) < 4.78 is 15.1. The van der Waals surface area contributed by atoms with E-state index in [4.69, 9.17) is 11.6 Å². The molecule has 4 rings (SSSR count). The lowest BCUT2D eigenvalue weighted by Gasteiger charge is -2.07. The Morgan fingerprint density at radius 2 is 1.89 bits per heavy atom. The number of rotatable bonds is 5. The molecule has 2 aromatic carbocycles. The third-order valence-electron chi connectivity index (χ3n) is 4.19. The fourth-order valence-electron chi connectivity index (χ4n) is 2.82. The first-order valence-corrected chi connectivity index (χ1v) is 9.62. The van der Waals surface area contributed by atoms with Crippen molar-refractivity contribution in [3.8, 4) is 11.3 Å². The molecule has 7 heteroatoms. The molecule has 2 aromatic heterocycles. The summed E-state index contributed by atoms with van der Waals surface area (Å²) in [7, 11) is 0. The zero-order chi connectivity index (χ0) is 18.8. The number of anilines is 1. The second-order valence-electron chi connectivity index (χ2n) is 6.05. The second-order valence-corrected chi connectivity index (χ2v) is 7.36. The Morgan fingerprint density at radius 3 is 2.63 bits per heavy atom. The van der Waals surface area contributed by atoms with E-state index in [1.807, 2.05) is 40.2 Å². The molecule has 0 atom stereocenters. The number of aromatic nitrogens is 2. The van der Waals surface area contributed by atoms with Crippen molar-refractivity contribution >= 4 is 39.6 Å². The van der Waals surface area contributed by atoms with Crippen molar-refractivity contribution in [3.63, 3.8) is 0 Å². The molecular formula is C20H15ClFN3OS. The molecule has 0 saturated heterocycles. The Labute approximate surface area is 164 Å². The van der Waals surface area contributed by atoms with E-state index >= 15 is 0 Å². The zero-order valence-electron chi connectivity index (χ0n) is 14.2. The number of fused-ring (bicyclic) bond motifs is 1. The SMILES string of the molecule is O=C(CCc1ccc(Cl)cc1)Nc1c(-c2ccc(F)cc2)nc2sccn12. The first kappa shape index (κ1) is 17.7. The summed E-state index contributed by atoms with van der Waals surface area (Å²) in [5, 5.41) is 5.54. The van der Waals surface area contributed by atoms with E-state index in [1.54, 1.807) is 12.1 Å². The highest BCUT2D eigenvalue weighted by Gasteiger charge is 2.17. The normalized spacial score (nSPS) is 11.0. The Balaban J connectivity index is 1.56. The average Bonchev–Trinajstić information content (AvgIpc) is 3.25. The predicted octanol–water partition coefficient (Wildman–Crippen LogP) is 5.43. The van der Waals surface area contributed by atoms with Gasteiger partial charge in [0.1, 0.15) is 17.3 Å². The summed E-state index contributed by atoms with van der Waals surface area (Å²) in [6, 6.07) is 13.5. The van der Waals surface area contributed by atoms with Crippen molar-refractivity contribution in [2.24, 2.45) is 0 Å². The monoisotopic (exact) mass is 399 g/mol. The van der Waals surface area contributed by atoms with Crippen molar-refractivity contribution in [1.29, 1.82) is 0 Å². The van der Waals surface area contributed by atoms with E-state index in [0.717, 1.165) is 16.1 Å². The minimum absolute atomic E-state index is 0.110. The van der Waals surface area contributed by atoms with Crippen LogP contribution in [0, 0.1) is 5.82 Å². The van der Waals surface area contributed by atoms with Gasteiger partial charge in [-0.1, -0.05) is 23.7 Å². The highest BCUT2D eigenvalue weighted by atomic mass is 35.5. The van der Waals surface area contributed by atoms with Crippen molar-refractivity contribution in [3.05, 3.63) is 76.5 Å². The predicted molar refractivity (Wildman–Crippen MR) is 107 cm³/mol. The van der Waals surface area contributed by atoms with Crippen molar-refractivity contribution in [2.75, 3.05) is 5.32 Å². The lowest BCUT2D eigenvalue weighted by Crippen LogP contribution is -2.14. The number of hydrogen-bond acceptors (Lipinski definition) is 3. The zero-order valence-corrected chi connectivity index (χ0v) is 15.7. The van der Waals surface area contributed by atoms with Gasteiger partial charge in [-0.15, -0.1) is 11.3 Å². The molecule has 0 spiro atoms. The molecule has 0 radical (unpaired) electrons. The van der Waals surface area contributed by atoms with Crippen molar-refractivity contribution in [2.45, 2.75) is 12.8 Å². The van der Waals surface area contributed by atoms with Crippen LogP contribution in [0.3, 0.4) is 0 Å². The number of nitrogens with one attached hydrogen (secondary N) is 1. The highest BCUT2D eigenvalue weighted by Crippen LogP contribution is 2.31. The summed E-state index contributed by atoms with van der Waals surface area (Å²) in [5.74, 6) is 0.175. The number of aryl methyl sites for hydroxylation is 1. The second kappa shape index (κ2) is 7.50. The van der Waals surface area contributed by atoms with E-state index < -0.39 is 0 Å². The fraction of sp³-hybridized carbons (Fsp3) is 0.100. The molecule has 1 amide bonds. The molecule has 4 nitrogen and oxygen atoms in total. The molecule has 0 saturated carbocycles. The van der Waals surface area contributed by atoms with Crippen LogP contribution < -0.4 is 5.32 Å². The van der Waals surface area contributed by atoms with E-state index in [2.05, 4.69) is 10.3 Å². The van der Waals surface area contributed by atoms with Crippen molar-refractivity contribution < 1.29 is 9.18 Å². The number of benzene rings is 2. The van der Waals surface area contributed by atoms with Gasteiger partial charge in [0.25, 0.3) is 0 Å². The van der Waals surface area contributed by atoms with Gasteiger partial charge in [-0.3, -0.25) is 9.20 Å². The summed E-state index contributed by atoms with van der Waals surface area (Å²) in [5.41, 5.74) is 2.42. The first-order valence-electron chi connectivity index (χ1n) is 8.36. The number of carbonyl (C=O) groups is 1. The summed E-state index contributed by atoms with van der Waals surface area (Å²) >= 11 is 7.36. The van der Waals surface area contributed by atoms with E-state index in [-0.39, 0.29) is 11.7 Å². The van der Waals surface area contributed by atoms with Crippen LogP contribution in [-0.4, -0.2) is 15.3 Å². The smallest absolute Gasteiger partial charge is 0.225 e. The van der Waals surface area contributed by atoms with Crippen LogP contribution in [0.1, 0.15) is 12.0 Å². The van der Waals surface area contributed by atoms with Gasteiger partial charge < -0.3 is 5.32 Å². The van der Waals surface area contributed by atoms with Gasteiger partial charge in [0.05, 0.1) is 0 Å². The molecule has 0 fully saturated rings. The number of nitrogens with zero attached hydrogens (tertiary/aromatic N) is 2. The third-order valence-corrected chi connectivity index (χ3v) is 5.20. The molecule has 0 unspecified atom stereocenters. The Hall–Kier alpha value is -2.70. The summed E-state index contributed by atoms with van der Waals surface area (Å²) in [6.07, 6.45) is 2.80. The molecule has 2 heterocycles. The van der Waals surface area contributed by atoms with Gasteiger partial charge in [-0.05, 0) is 48.4 Å². The minimum atomic E-state index is -0.312. The minimum Gasteiger partial charge on any atom is -0.310 e. The van der Waals surface area contributed by atoms with E-state index in [9.17, 15) is 9.18 Å². The van der Waals surface area contributed by atoms with Crippen LogP contribution >= 0.6 is 22.9 Å². The highest BCUT2D eigenvalue weighted by molar-refractivity contribution is 7.15. The maximum Gasteiger partial charge on any atom is 0.225 e. The Morgan fingerprint density at radius 1 is 1.15 bits per heavy atom. The molecule has 1 N–H and O–H groups in total. The van der Waals surface area contributed by atoms with Gasteiger partial charge in [0, 0.05) is 28.6 Å². The van der Waals surface area contributed by atoms with Crippen molar-refractivity contribution in [1.82, 2.24) is 9.38 Å². The average molecular weight is 400 g/mol. The number of hydrogen-bond donors (Lipinski definition) is 1. The third kappa shape index (κ3) is 3.86. The summed E-state index contributed by atoms with van der Waals surface area (Å²) in [6.45, 7) is 0. The number of thiazole rings is 1. The van der Waals surface area contributed by atoms with Gasteiger partial charge in [-0.25, -0.2) is 9.37 Å². The van der Waals surface area contributed by atoms with Gasteiger partial charge in [0.2, 0.25) is 5.91 Å². The molecule has 0 bridgehead atoms. The van der Waals surface area contributed by atoms with Crippen LogP contribution in [0.15, 0.2) is 60.1 Å². The van der Waals surface area contributed by atoms with Gasteiger partial charge in [0.15, 0.2) is 4.96 Å². The molecule has 0 aliphatic heterocycles. The number of imidazole rings is 1. The molecule has 4 aromatic rings. The quantitative estimate of drug-likeness (QED) is 0.486. The topological polar surface area (TPSA) is 46.4 Å². The van der Waals surface area contributed by atoms with Crippen LogP contribution in [0.2, 0.25) is 5.02 Å². The van der Waals surface area contributed by atoms with Gasteiger partial charge >= 0.3 is 0 Å². The Bertz CT molecular complexity index is 1090.